The molecule has 3 nitrogen and oxygen atoms in total. The molecular formula is C29H20N2OSe. The molecule has 0 aliphatic heterocycles. The molecule has 0 bridgehead atoms. The zero-order valence-electron chi connectivity index (χ0n) is 18.0. The number of para-hydroxylation sites is 1. The first-order valence-electron chi connectivity index (χ1n) is 10.8. The molecule has 158 valence electrons. The van der Waals surface area contributed by atoms with Crippen LogP contribution in [0.25, 0.3) is 41.9 Å². The van der Waals surface area contributed by atoms with Gasteiger partial charge in [-0.2, -0.15) is 0 Å². The van der Waals surface area contributed by atoms with Crippen molar-refractivity contribution in [2.45, 2.75) is 6.92 Å². The van der Waals surface area contributed by atoms with Crippen LogP contribution in [0.5, 0.6) is 11.5 Å². The third kappa shape index (κ3) is 3.84. The Balaban J connectivity index is 1.34. The van der Waals surface area contributed by atoms with Gasteiger partial charge in [0.05, 0.1) is 0 Å². The van der Waals surface area contributed by atoms with E-state index in [1.54, 1.807) is 0 Å². The van der Waals surface area contributed by atoms with Crippen LogP contribution in [-0.2, 0) is 0 Å². The second kappa shape index (κ2) is 8.32. The molecule has 0 radical (unpaired) electrons. The Kier molecular flexibility index (Phi) is 5.03. The Labute approximate surface area is 198 Å². The van der Waals surface area contributed by atoms with Crippen LogP contribution in [0.15, 0.2) is 103 Å². The molecule has 0 N–H and O–H groups in total. The van der Waals surface area contributed by atoms with E-state index in [-0.39, 0.29) is 14.5 Å². The fraction of sp³-hybridized carbons (Fsp3) is 0.0345. The summed E-state index contributed by atoms with van der Waals surface area (Å²) in [5.74, 6) is 1.60. The van der Waals surface area contributed by atoms with Gasteiger partial charge in [0, 0.05) is 0 Å². The van der Waals surface area contributed by atoms with Gasteiger partial charge < -0.3 is 0 Å². The molecule has 0 spiro atoms. The van der Waals surface area contributed by atoms with Crippen LogP contribution in [-0.4, -0.2) is 24.5 Å². The number of ether oxygens (including phenoxy) is 1. The van der Waals surface area contributed by atoms with E-state index in [0.717, 1.165) is 43.8 Å². The van der Waals surface area contributed by atoms with E-state index in [9.17, 15) is 0 Å². The van der Waals surface area contributed by atoms with Gasteiger partial charge in [-0.1, -0.05) is 6.07 Å². The predicted octanol–water partition coefficient (Wildman–Crippen LogP) is 7.27. The molecule has 0 atom stereocenters. The van der Waals surface area contributed by atoms with Gasteiger partial charge >= 0.3 is 185 Å². The average molecular weight is 491 g/mol. The minimum atomic E-state index is 0.216. The Morgan fingerprint density at radius 2 is 1.45 bits per heavy atom. The maximum absolute atomic E-state index is 6.28. The summed E-state index contributed by atoms with van der Waals surface area (Å²) >= 11 is 0.216. The van der Waals surface area contributed by atoms with E-state index >= 15 is 0 Å². The molecule has 6 rings (SSSR count). The van der Waals surface area contributed by atoms with Gasteiger partial charge in [0.2, 0.25) is 0 Å². The van der Waals surface area contributed by atoms with E-state index in [4.69, 9.17) is 9.72 Å². The summed E-state index contributed by atoms with van der Waals surface area (Å²) in [4.78, 5) is 9.52. The van der Waals surface area contributed by atoms with Gasteiger partial charge in [0.1, 0.15) is 0 Å². The summed E-state index contributed by atoms with van der Waals surface area (Å²) in [5, 5.41) is 2.37. The molecule has 4 heteroatoms. The zero-order chi connectivity index (χ0) is 22.2. The van der Waals surface area contributed by atoms with Crippen LogP contribution < -0.4 is 4.74 Å². The summed E-state index contributed by atoms with van der Waals surface area (Å²) < 4.78 is 8.75. The van der Waals surface area contributed by atoms with Crippen LogP contribution in [0.2, 0.25) is 0 Å². The summed E-state index contributed by atoms with van der Waals surface area (Å²) in [5.41, 5.74) is 5.46. The second-order valence-electron chi connectivity index (χ2n) is 7.97. The summed E-state index contributed by atoms with van der Waals surface area (Å²) in [6.45, 7) is 2.13. The Bertz CT molecular complexity index is 1590. The number of aromatic nitrogens is 2. The number of rotatable bonds is 4. The Morgan fingerprint density at radius 1 is 0.697 bits per heavy atom. The number of benzene rings is 4. The normalized spacial score (nSPS) is 11.2. The number of nitrogens with zero attached hydrogens (tertiary/aromatic N) is 2. The van der Waals surface area contributed by atoms with E-state index in [0.29, 0.717) is 0 Å². The number of pyridine rings is 1. The second-order valence-corrected chi connectivity index (χ2v) is 10.1. The van der Waals surface area contributed by atoms with E-state index in [1.165, 1.54) is 15.2 Å². The third-order valence-electron chi connectivity index (χ3n) is 5.74. The van der Waals surface area contributed by atoms with Crippen LogP contribution in [0.3, 0.4) is 0 Å². The minimum absolute atomic E-state index is 0.216. The molecule has 0 aliphatic rings. The number of fused-ring (bicyclic) bond motifs is 2. The SMILES string of the molecule is Cc1cccc2c(-c3cccc(Oc4cccc(-c5nc6ccccc6[se]5)c4)c3)nccc12. The molecule has 2 aromatic heterocycles. The molecule has 2 heterocycles. The van der Waals surface area contributed by atoms with Crippen molar-refractivity contribution in [3.05, 3.63) is 109 Å². The summed E-state index contributed by atoms with van der Waals surface area (Å²) in [6, 6.07) is 33.2. The van der Waals surface area contributed by atoms with E-state index < -0.39 is 0 Å². The molecule has 4 aromatic carbocycles. The van der Waals surface area contributed by atoms with Gasteiger partial charge in [-0.25, -0.2) is 0 Å². The van der Waals surface area contributed by atoms with Gasteiger partial charge in [-0.05, 0) is 6.92 Å². The third-order valence-corrected chi connectivity index (χ3v) is 8.02. The fourth-order valence-corrected chi connectivity index (χ4v) is 6.14. The van der Waals surface area contributed by atoms with Crippen molar-refractivity contribution in [3.8, 4) is 32.9 Å². The van der Waals surface area contributed by atoms with Crippen LogP contribution in [0.1, 0.15) is 5.56 Å². The molecule has 0 saturated heterocycles. The first kappa shape index (κ1) is 19.9. The van der Waals surface area contributed by atoms with Crippen LogP contribution >= 0.6 is 0 Å². The monoisotopic (exact) mass is 492 g/mol. The summed E-state index contributed by atoms with van der Waals surface area (Å²) in [7, 11) is 0. The molecule has 0 fully saturated rings. The van der Waals surface area contributed by atoms with Crippen LogP contribution in [0, 0.1) is 6.92 Å². The maximum atomic E-state index is 6.28. The quantitative estimate of drug-likeness (QED) is 0.243. The van der Waals surface area contributed by atoms with Crippen molar-refractivity contribution in [2.75, 3.05) is 0 Å². The molecule has 0 aliphatic carbocycles. The van der Waals surface area contributed by atoms with Gasteiger partial charge in [0.15, 0.2) is 0 Å². The first-order valence-corrected chi connectivity index (χ1v) is 12.5. The van der Waals surface area contributed by atoms with Crippen molar-refractivity contribution < 1.29 is 4.74 Å². The topological polar surface area (TPSA) is 35.0 Å². The van der Waals surface area contributed by atoms with Gasteiger partial charge in [0.25, 0.3) is 0 Å². The van der Waals surface area contributed by atoms with Gasteiger partial charge in [-0.15, -0.1) is 0 Å². The molecule has 0 saturated carbocycles. The van der Waals surface area contributed by atoms with Crippen molar-refractivity contribution in [1.29, 1.82) is 0 Å². The fourth-order valence-electron chi connectivity index (χ4n) is 4.13. The molecule has 0 amide bonds. The van der Waals surface area contributed by atoms with Crippen molar-refractivity contribution >= 4 is 35.1 Å². The first-order chi connectivity index (χ1) is 16.2. The average Bonchev–Trinajstić information content (AvgIpc) is 3.29. The Morgan fingerprint density at radius 3 is 2.30 bits per heavy atom. The zero-order valence-corrected chi connectivity index (χ0v) is 19.7. The standard InChI is InChI=1S/C29H20N2OSe/c1-19-7-4-12-25-24(19)15-16-30-28(25)20-8-5-10-22(17-20)32-23-11-6-9-21(18-23)29-31-26-13-2-3-14-27(26)33-29/h2-18H,1H3. The summed E-state index contributed by atoms with van der Waals surface area (Å²) in [6.07, 6.45) is 1.88. The number of aryl methyl sites for hydroxylation is 1. The van der Waals surface area contributed by atoms with Crippen molar-refractivity contribution in [2.24, 2.45) is 0 Å². The van der Waals surface area contributed by atoms with E-state index in [1.807, 2.05) is 36.5 Å². The van der Waals surface area contributed by atoms with Crippen molar-refractivity contribution in [1.82, 2.24) is 9.97 Å². The number of hydrogen-bond donors (Lipinski definition) is 0. The van der Waals surface area contributed by atoms with Gasteiger partial charge in [-0.3, -0.25) is 0 Å². The van der Waals surface area contributed by atoms with Crippen LogP contribution in [0.4, 0.5) is 0 Å². The molecule has 33 heavy (non-hydrogen) atoms. The molecule has 0 unspecified atom stereocenters. The Hall–Kier alpha value is -3.72. The molecular weight excluding hydrogens is 471 g/mol. The van der Waals surface area contributed by atoms with Crippen molar-refractivity contribution in [3.63, 3.8) is 0 Å². The predicted molar refractivity (Wildman–Crippen MR) is 136 cm³/mol. The van der Waals surface area contributed by atoms with E-state index in [2.05, 4.69) is 78.6 Å². The number of hydrogen-bond acceptors (Lipinski definition) is 3. The molecule has 6 aromatic rings.